The van der Waals surface area contributed by atoms with Crippen molar-refractivity contribution in [1.82, 2.24) is 0 Å². The van der Waals surface area contributed by atoms with Crippen molar-refractivity contribution < 1.29 is 4.74 Å². The summed E-state index contributed by atoms with van der Waals surface area (Å²) >= 11 is 5.46. The van der Waals surface area contributed by atoms with Crippen molar-refractivity contribution in [3.63, 3.8) is 0 Å². The van der Waals surface area contributed by atoms with Gasteiger partial charge >= 0.3 is 0 Å². The Kier molecular flexibility index (Phi) is 5.13. The Morgan fingerprint density at radius 2 is 2.38 bits per heavy atom. The van der Waals surface area contributed by atoms with Crippen molar-refractivity contribution >= 4 is 11.6 Å². The van der Waals surface area contributed by atoms with Crippen LogP contribution in [0.25, 0.3) is 0 Å². The van der Waals surface area contributed by atoms with Gasteiger partial charge in [-0.3, -0.25) is 0 Å². The Labute approximate surface area is 55.3 Å². The van der Waals surface area contributed by atoms with Gasteiger partial charge in [-0.2, -0.15) is 0 Å². The molecular formula is C6H11ClO. The third-order valence-electron chi connectivity index (χ3n) is 0.809. The highest BCUT2D eigenvalue weighted by molar-refractivity contribution is 6.19. The number of rotatable bonds is 3. The van der Waals surface area contributed by atoms with Crippen LogP contribution in [0.3, 0.4) is 0 Å². The number of halogens is 1. The largest absolute Gasteiger partial charge is 0.381 e. The van der Waals surface area contributed by atoms with Gasteiger partial charge < -0.3 is 4.74 Å². The maximum atomic E-state index is 5.46. The van der Waals surface area contributed by atoms with Crippen molar-refractivity contribution in [3.05, 3.63) is 11.6 Å². The lowest BCUT2D eigenvalue weighted by Gasteiger charge is -1.91. The summed E-state index contributed by atoms with van der Waals surface area (Å²) < 4.78 is 4.78. The molecule has 0 atom stereocenters. The van der Waals surface area contributed by atoms with Gasteiger partial charge in [-0.15, -0.1) is 11.6 Å². The summed E-state index contributed by atoms with van der Waals surface area (Å²) in [6, 6.07) is 0. The average Bonchev–Trinajstić information content (AvgIpc) is 1.83. The molecule has 0 N–H and O–H groups in total. The summed E-state index contributed by atoms with van der Waals surface area (Å²) in [5.74, 6) is 0.601. The minimum atomic E-state index is 0.601. The first-order valence-corrected chi connectivity index (χ1v) is 3.05. The van der Waals surface area contributed by atoms with Crippen LogP contribution in [0.15, 0.2) is 11.6 Å². The van der Waals surface area contributed by atoms with E-state index in [9.17, 15) is 0 Å². The summed E-state index contributed by atoms with van der Waals surface area (Å²) in [4.78, 5) is 0. The van der Waals surface area contributed by atoms with E-state index in [0.717, 1.165) is 5.57 Å². The second-order valence-corrected chi connectivity index (χ2v) is 1.91. The van der Waals surface area contributed by atoms with Gasteiger partial charge in [-0.25, -0.2) is 0 Å². The third-order valence-corrected chi connectivity index (χ3v) is 1.23. The molecule has 8 heavy (non-hydrogen) atoms. The first kappa shape index (κ1) is 7.99. The summed E-state index contributed by atoms with van der Waals surface area (Å²) in [5.41, 5.74) is 1.16. The summed E-state index contributed by atoms with van der Waals surface area (Å²) in [7, 11) is 1.66. The van der Waals surface area contributed by atoms with Crippen molar-refractivity contribution in [2.24, 2.45) is 0 Å². The molecule has 0 aromatic heterocycles. The van der Waals surface area contributed by atoms with Crippen molar-refractivity contribution in [2.75, 3.05) is 19.6 Å². The minimum absolute atomic E-state index is 0.601. The zero-order valence-electron chi connectivity index (χ0n) is 5.28. The molecule has 0 bridgehead atoms. The molecule has 0 saturated heterocycles. The fraction of sp³-hybridized carbons (Fsp3) is 0.667. The Morgan fingerprint density at radius 1 is 1.75 bits per heavy atom. The number of alkyl halides is 1. The quantitative estimate of drug-likeness (QED) is 0.423. The molecule has 0 spiro atoms. The molecule has 0 aromatic rings. The Balaban J connectivity index is 3.26. The Hall–Kier alpha value is -0.0100. The second kappa shape index (κ2) is 5.13. The summed E-state index contributed by atoms with van der Waals surface area (Å²) in [6.45, 7) is 2.64. The van der Waals surface area contributed by atoms with Crippen molar-refractivity contribution in [3.8, 4) is 0 Å². The van der Waals surface area contributed by atoms with E-state index in [-0.39, 0.29) is 0 Å². The number of allylic oxidation sites excluding steroid dienone is 1. The van der Waals surface area contributed by atoms with Crippen LogP contribution in [-0.4, -0.2) is 19.6 Å². The summed E-state index contributed by atoms with van der Waals surface area (Å²) in [6.07, 6.45) is 1.97. The van der Waals surface area contributed by atoms with Gasteiger partial charge in [0, 0.05) is 13.0 Å². The fourth-order valence-electron chi connectivity index (χ4n) is 0.280. The van der Waals surface area contributed by atoms with Crippen LogP contribution in [0.2, 0.25) is 0 Å². The van der Waals surface area contributed by atoms with E-state index in [1.165, 1.54) is 0 Å². The Bertz CT molecular complexity index is 78.6. The highest BCUT2D eigenvalue weighted by Gasteiger charge is 1.81. The van der Waals surface area contributed by atoms with E-state index in [1.807, 2.05) is 13.0 Å². The number of hydrogen-bond acceptors (Lipinski definition) is 1. The van der Waals surface area contributed by atoms with E-state index in [0.29, 0.717) is 12.5 Å². The van der Waals surface area contributed by atoms with Crippen LogP contribution < -0.4 is 0 Å². The van der Waals surface area contributed by atoms with Crippen LogP contribution in [0.1, 0.15) is 6.92 Å². The maximum Gasteiger partial charge on any atom is 0.0646 e. The van der Waals surface area contributed by atoms with Gasteiger partial charge in [0.25, 0.3) is 0 Å². The zero-order valence-corrected chi connectivity index (χ0v) is 6.03. The first-order chi connectivity index (χ1) is 3.81. The van der Waals surface area contributed by atoms with E-state index >= 15 is 0 Å². The zero-order chi connectivity index (χ0) is 6.41. The van der Waals surface area contributed by atoms with Gasteiger partial charge in [0.15, 0.2) is 0 Å². The van der Waals surface area contributed by atoms with Gasteiger partial charge in [0.2, 0.25) is 0 Å². The van der Waals surface area contributed by atoms with Crippen LogP contribution in [-0.2, 0) is 4.74 Å². The lowest BCUT2D eigenvalue weighted by atomic mass is 10.3. The van der Waals surface area contributed by atoms with Gasteiger partial charge in [0.05, 0.1) is 6.61 Å². The molecule has 0 aliphatic carbocycles. The topological polar surface area (TPSA) is 9.23 Å². The highest BCUT2D eigenvalue weighted by atomic mass is 35.5. The number of ether oxygens (including phenoxy) is 1. The molecular weight excluding hydrogens is 124 g/mol. The molecule has 0 rings (SSSR count). The van der Waals surface area contributed by atoms with E-state index in [2.05, 4.69) is 0 Å². The predicted molar refractivity (Wildman–Crippen MR) is 36.4 cm³/mol. The third kappa shape index (κ3) is 4.16. The smallest absolute Gasteiger partial charge is 0.0646 e. The van der Waals surface area contributed by atoms with E-state index in [4.69, 9.17) is 16.3 Å². The molecule has 0 aliphatic heterocycles. The minimum Gasteiger partial charge on any atom is -0.381 e. The van der Waals surface area contributed by atoms with Crippen molar-refractivity contribution in [1.29, 1.82) is 0 Å². The monoisotopic (exact) mass is 134 g/mol. The molecule has 0 heterocycles. The molecule has 0 amide bonds. The van der Waals surface area contributed by atoms with Gasteiger partial charge in [-0.1, -0.05) is 11.6 Å². The van der Waals surface area contributed by atoms with E-state index in [1.54, 1.807) is 7.11 Å². The molecule has 0 saturated carbocycles. The Morgan fingerprint density at radius 3 is 2.75 bits per heavy atom. The second-order valence-electron chi connectivity index (χ2n) is 1.64. The van der Waals surface area contributed by atoms with Crippen molar-refractivity contribution in [2.45, 2.75) is 6.92 Å². The van der Waals surface area contributed by atoms with Crippen LogP contribution in [0, 0.1) is 0 Å². The van der Waals surface area contributed by atoms with E-state index < -0.39 is 0 Å². The molecule has 0 fully saturated rings. The lowest BCUT2D eigenvalue weighted by Crippen LogP contribution is -1.84. The molecule has 0 unspecified atom stereocenters. The summed E-state index contributed by atoms with van der Waals surface area (Å²) in [5, 5.41) is 0. The number of methoxy groups -OCH3 is 1. The van der Waals surface area contributed by atoms with Crippen LogP contribution in [0.4, 0.5) is 0 Å². The van der Waals surface area contributed by atoms with Gasteiger partial charge in [-0.05, 0) is 6.92 Å². The molecule has 1 nitrogen and oxygen atoms in total. The SMILES string of the molecule is COC/C=C(\C)CCl. The predicted octanol–water partition coefficient (Wildman–Crippen LogP) is 1.82. The van der Waals surface area contributed by atoms with Crippen LogP contribution in [0.5, 0.6) is 0 Å². The molecule has 2 heteroatoms. The fourth-order valence-corrected chi connectivity index (χ4v) is 0.389. The standard InChI is InChI=1S/C6H11ClO/c1-6(5-7)3-4-8-2/h3H,4-5H2,1-2H3/b6-3+. The highest BCUT2D eigenvalue weighted by Crippen LogP contribution is 1.93. The normalized spacial score (nSPS) is 12.1. The molecule has 48 valence electrons. The number of hydrogen-bond donors (Lipinski definition) is 0. The molecule has 0 aliphatic rings. The maximum absolute atomic E-state index is 5.46. The molecule has 0 aromatic carbocycles. The first-order valence-electron chi connectivity index (χ1n) is 2.51. The average molecular weight is 135 g/mol. The lowest BCUT2D eigenvalue weighted by molar-refractivity contribution is 0.233. The van der Waals surface area contributed by atoms with Gasteiger partial charge in [0.1, 0.15) is 0 Å². The van der Waals surface area contributed by atoms with Crippen LogP contribution >= 0.6 is 11.6 Å². The molecule has 0 radical (unpaired) electrons.